The molecule has 2 fully saturated rings. The summed E-state index contributed by atoms with van der Waals surface area (Å²) < 4.78 is 0. The van der Waals surface area contributed by atoms with Gasteiger partial charge >= 0.3 is 0 Å². The second-order valence-corrected chi connectivity index (χ2v) is 5.18. The number of amides is 1. The summed E-state index contributed by atoms with van der Waals surface area (Å²) >= 11 is 0. The van der Waals surface area contributed by atoms with Crippen LogP contribution < -0.4 is 0 Å². The van der Waals surface area contributed by atoms with Gasteiger partial charge in [-0.1, -0.05) is 0 Å². The maximum Gasteiger partial charge on any atom is 0.219 e. The Morgan fingerprint density at radius 2 is 1.78 bits per heavy atom. The number of carbonyl (C=O) groups is 2. The second-order valence-electron chi connectivity index (χ2n) is 5.18. The Morgan fingerprint density at radius 1 is 1.22 bits per heavy atom. The molecular formula is C13H19N3O2. The van der Waals surface area contributed by atoms with Gasteiger partial charge in [-0.25, -0.2) is 0 Å². The Kier molecular flexibility index (Phi) is 3.67. The van der Waals surface area contributed by atoms with Gasteiger partial charge in [0.05, 0.1) is 6.07 Å². The third-order valence-electron chi connectivity index (χ3n) is 4.17. The molecule has 2 saturated heterocycles. The first kappa shape index (κ1) is 13.0. The van der Waals surface area contributed by atoms with Crippen molar-refractivity contribution in [1.29, 1.82) is 5.26 Å². The van der Waals surface area contributed by atoms with Crippen molar-refractivity contribution in [2.45, 2.75) is 38.1 Å². The molecule has 0 spiro atoms. The highest BCUT2D eigenvalue weighted by Crippen LogP contribution is 2.30. The van der Waals surface area contributed by atoms with E-state index in [9.17, 15) is 14.9 Å². The minimum Gasteiger partial charge on any atom is -0.343 e. The molecule has 0 aromatic rings. The molecule has 5 nitrogen and oxygen atoms in total. The van der Waals surface area contributed by atoms with Crippen LogP contribution in [0.25, 0.3) is 0 Å². The summed E-state index contributed by atoms with van der Waals surface area (Å²) in [5.41, 5.74) is -0.466. The summed E-state index contributed by atoms with van der Waals surface area (Å²) in [4.78, 5) is 26.5. The van der Waals surface area contributed by atoms with Crippen molar-refractivity contribution in [2.24, 2.45) is 0 Å². The number of Topliss-reactive ketones (excluding diaryl/α,β-unsaturated/α-hetero) is 1. The minimum absolute atomic E-state index is 0.0790. The lowest BCUT2D eigenvalue weighted by Crippen LogP contribution is -2.57. The molecule has 0 aromatic heterocycles. The monoisotopic (exact) mass is 249 g/mol. The maximum absolute atomic E-state index is 11.3. The van der Waals surface area contributed by atoms with E-state index in [1.165, 1.54) is 0 Å². The van der Waals surface area contributed by atoms with Gasteiger partial charge in [0.25, 0.3) is 0 Å². The number of rotatable bonds is 1. The van der Waals surface area contributed by atoms with Gasteiger partial charge in [0.1, 0.15) is 11.3 Å². The fraction of sp³-hybridized carbons (Fsp3) is 0.769. The van der Waals surface area contributed by atoms with Crippen LogP contribution in [0.1, 0.15) is 32.6 Å². The summed E-state index contributed by atoms with van der Waals surface area (Å²) in [5, 5.41) is 9.50. The fourth-order valence-corrected chi connectivity index (χ4v) is 2.87. The van der Waals surface area contributed by atoms with Crippen LogP contribution in [0.3, 0.4) is 0 Å². The van der Waals surface area contributed by atoms with Crippen LogP contribution in [0.2, 0.25) is 0 Å². The van der Waals surface area contributed by atoms with Crippen LogP contribution in [0.5, 0.6) is 0 Å². The molecule has 1 amide bonds. The number of likely N-dealkylation sites (tertiary alicyclic amines) is 2. The Morgan fingerprint density at radius 3 is 2.22 bits per heavy atom. The normalized spacial score (nSPS) is 24.7. The van der Waals surface area contributed by atoms with Gasteiger partial charge in [-0.15, -0.1) is 0 Å². The highest BCUT2D eigenvalue weighted by Gasteiger charge is 2.41. The average molecular weight is 249 g/mol. The maximum atomic E-state index is 11.3. The van der Waals surface area contributed by atoms with E-state index in [0.717, 1.165) is 0 Å². The van der Waals surface area contributed by atoms with E-state index in [1.807, 2.05) is 0 Å². The lowest BCUT2D eigenvalue weighted by Gasteiger charge is -2.45. The second kappa shape index (κ2) is 5.07. The molecule has 2 aliphatic heterocycles. The standard InChI is InChI=1S/C13H19N3O2/c1-11(17)15-8-4-13(10-14,5-9-15)16-6-2-12(18)3-7-16/h2-9H2,1H3. The van der Waals surface area contributed by atoms with Crippen LogP contribution in [0, 0.1) is 11.3 Å². The van der Waals surface area contributed by atoms with Crippen molar-refractivity contribution < 1.29 is 9.59 Å². The van der Waals surface area contributed by atoms with E-state index >= 15 is 0 Å². The van der Waals surface area contributed by atoms with Crippen molar-refractivity contribution in [3.05, 3.63) is 0 Å². The summed E-state index contributed by atoms with van der Waals surface area (Å²) in [7, 11) is 0. The molecule has 0 unspecified atom stereocenters. The Bertz CT molecular complexity index is 382. The molecule has 0 aromatic carbocycles. The fourth-order valence-electron chi connectivity index (χ4n) is 2.87. The highest BCUT2D eigenvalue weighted by atomic mass is 16.2. The molecule has 18 heavy (non-hydrogen) atoms. The topological polar surface area (TPSA) is 64.4 Å². The summed E-state index contributed by atoms with van der Waals surface area (Å²) in [6.07, 6.45) is 2.49. The van der Waals surface area contributed by atoms with Crippen molar-refractivity contribution >= 4 is 11.7 Å². The van der Waals surface area contributed by atoms with Crippen molar-refractivity contribution in [3.63, 3.8) is 0 Å². The third-order valence-corrected chi connectivity index (χ3v) is 4.17. The van der Waals surface area contributed by atoms with Gasteiger partial charge in [-0.3, -0.25) is 14.5 Å². The van der Waals surface area contributed by atoms with Crippen molar-refractivity contribution in [3.8, 4) is 6.07 Å². The van der Waals surface area contributed by atoms with Crippen LogP contribution in [-0.4, -0.2) is 53.2 Å². The van der Waals surface area contributed by atoms with Gasteiger partial charge < -0.3 is 4.90 Å². The molecule has 98 valence electrons. The molecular weight excluding hydrogens is 230 g/mol. The first-order valence-corrected chi connectivity index (χ1v) is 6.51. The molecule has 2 aliphatic rings. The third kappa shape index (κ3) is 2.39. The molecule has 0 N–H and O–H groups in total. The van der Waals surface area contributed by atoms with E-state index in [4.69, 9.17) is 0 Å². The zero-order valence-corrected chi connectivity index (χ0v) is 10.8. The van der Waals surface area contributed by atoms with E-state index in [0.29, 0.717) is 57.6 Å². The summed E-state index contributed by atoms with van der Waals surface area (Å²) in [5.74, 6) is 0.371. The van der Waals surface area contributed by atoms with Crippen molar-refractivity contribution in [1.82, 2.24) is 9.80 Å². The molecule has 2 heterocycles. The molecule has 0 aliphatic carbocycles. The first-order chi connectivity index (χ1) is 8.57. The SMILES string of the molecule is CC(=O)N1CCC(C#N)(N2CCC(=O)CC2)CC1. The number of carbonyl (C=O) groups excluding carboxylic acids is 2. The zero-order valence-electron chi connectivity index (χ0n) is 10.8. The van der Waals surface area contributed by atoms with Crippen LogP contribution in [-0.2, 0) is 9.59 Å². The lowest BCUT2D eigenvalue weighted by molar-refractivity contribution is -0.131. The zero-order chi connectivity index (χ0) is 13.2. The predicted octanol–water partition coefficient (Wildman–Crippen LogP) is 0.556. The molecule has 0 radical (unpaired) electrons. The Labute approximate surface area is 107 Å². The van der Waals surface area contributed by atoms with Gasteiger partial charge in [-0.2, -0.15) is 5.26 Å². The summed E-state index contributed by atoms with van der Waals surface area (Å²) in [6, 6.07) is 2.44. The van der Waals surface area contributed by atoms with Gasteiger partial charge in [0, 0.05) is 45.9 Å². The number of ketones is 1. The summed E-state index contributed by atoms with van der Waals surface area (Å²) in [6.45, 7) is 4.23. The van der Waals surface area contributed by atoms with Crippen LogP contribution in [0.4, 0.5) is 0 Å². The molecule has 0 saturated carbocycles. The van der Waals surface area contributed by atoms with Crippen LogP contribution >= 0.6 is 0 Å². The van der Waals surface area contributed by atoms with Crippen LogP contribution in [0.15, 0.2) is 0 Å². The first-order valence-electron chi connectivity index (χ1n) is 6.51. The number of nitriles is 1. The van der Waals surface area contributed by atoms with E-state index in [-0.39, 0.29) is 5.91 Å². The highest BCUT2D eigenvalue weighted by molar-refractivity contribution is 5.79. The predicted molar refractivity (Wildman–Crippen MR) is 65.6 cm³/mol. The number of hydrogen-bond donors (Lipinski definition) is 0. The van der Waals surface area contributed by atoms with Crippen molar-refractivity contribution in [2.75, 3.05) is 26.2 Å². The van der Waals surface area contributed by atoms with E-state index < -0.39 is 5.54 Å². The van der Waals surface area contributed by atoms with E-state index in [1.54, 1.807) is 11.8 Å². The number of nitrogens with zero attached hydrogens (tertiary/aromatic N) is 3. The molecule has 5 heteroatoms. The smallest absolute Gasteiger partial charge is 0.219 e. The number of piperidine rings is 2. The van der Waals surface area contributed by atoms with E-state index in [2.05, 4.69) is 11.0 Å². The quantitative estimate of drug-likeness (QED) is 0.681. The minimum atomic E-state index is -0.466. The van der Waals surface area contributed by atoms with Gasteiger partial charge in [0.2, 0.25) is 5.91 Å². The Hall–Kier alpha value is -1.41. The largest absolute Gasteiger partial charge is 0.343 e. The molecule has 0 bridgehead atoms. The Balaban J connectivity index is 2.03. The number of hydrogen-bond acceptors (Lipinski definition) is 4. The lowest BCUT2D eigenvalue weighted by atomic mass is 9.85. The molecule has 0 atom stereocenters. The van der Waals surface area contributed by atoms with Gasteiger partial charge in [-0.05, 0) is 12.8 Å². The van der Waals surface area contributed by atoms with Gasteiger partial charge in [0.15, 0.2) is 0 Å². The molecule has 2 rings (SSSR count). The average Bonchev–Trinajstić information content (AvgIpc) is 2.39.